The molecule has 0 spiro atoms. The van der Waals surface area contributed by atoms with Gasteiger partial charge in [0, 0.05) is 38.9 Å². The number of carbonyl (C=O) groups excluding carboxylic acids is 3. The van der Waals surface area contributed by atoms with Crippen LogP contribution in [0.15, 0.2) is 24.8 Å². The fourth-order valence-corrected chi connectivity index (χ4v) is 1.08. The van der Waals surface area contributed by atoms with Gasteiger partial charge in [-0.3, -0.25) is 14.9 Å². The van der Waals surface area contributed by atoms with E-state index in [1.807, 2.05) is 0 Å². The molecule has 0 saturated heterocycles. The van der Waals surface area contributed by atoms with E-state index in [1.54, 1.807) is 14.1 Å². The van der Waals surface area contributed by atoms with Crippen molar-refractivity contribution in [2.45, 2.75) is 0 Å². The van der Waals surface area contributed by atoms with Crippen molar-refractivity contribution in [3.63, 3.8) is 0 Å². The molecule has 2 amide bonds. The van der Waals surface area contributed by atoms with Crippen LogP contribution in [0.4, 0.5) is 16.7 Å². The van der Waals surface area contributed by atoms with Crippen molar-refractivity contribution < 1.29 is 14.4 Å². The summed E-state index contributed by atoms with van der Waals surface area (Å²) in [7, 11) is 3.21. The van der Waals surface area contributed by atoms with E-state index in [1.165, 1.54) is 29.7 Å². The molecule has 10 heteroatoms. The molecule has 0 aliphatic carbocycles. The largest absolute Gasteiger partial charge is 0.368 e. The molecule has 0 aliphatic heterocycles. The van der Waals surface area contributed by atoms with Crippen LogP contribution < -0.4 is 11.1 Å². The zero-order valence-corrected chi connectivity index (χ0v) is 12.5. The smallest absolute Gasteiger partial charge is 0.323 e. The molecule has 0 saturated carbocycles. The minimum Gasteiger partial charge on any atom is -0.368 e. The van der Waals surface area contributed by atoms with Gasteiger partial charge in [0.1, 0.15) is 0 Å². The summed E-state index contributed by atoms with van der Waals surface area (Å²) in [6, 6.07) is -0.316. The van der Waals surface area contributed by atoms with Crippen molar-refractivity contribution in [2.24, 2.45) is 0 Å². The summed E-state index contributed by atoms with van der Waals surface area (Å²) in [5.74, 6) is 0.356. The zero-order chi connectivity index (χ0) is 17.2. The van der Waals surface area contributed by atoms with E-state index in [2.05, 4.69) is 25.3 Å². The van der Waals surface area contributed by atoms with Crippen molar-refractivity contribution in [3.8, 4) is 0 Å². The van der Waals surface area contributed by atoms with Gasteiger partial charge in [0.2, 0.25) is 11.9 Å². The Bertz CT molecular complexity index is 656. The number of hydrogen-bond acceptors (Lipinski definition) is 8. The number of nitrogens with one attached hydrogen (secondary N) is 1. The van der Waals surface area contributed by atoms with E-state index in [0.29, 0.717) is 23.7 Å². The minimum absolute atomic E-state index is 0.175. The van der Waals surface area contributed by atoms with Gasteiger partial charge in [0.15, 0.2) is 12.6 Å². The second-order valence-electron chi connectivity index (χ2n) is 4.27. The Balaban J connectivity index is 0.000000253. The maximum absolute atomic E-state index is 11.1. The van der Waals surface area contributed by atoms with Crippen molar-refractivity contribution in [1.82, 2.24) is 24.8 Å². The molecule has 0 radical (unpaired) electrons. The summed E-state index contributed by atoms with van der Waals surface area (Å²) in [6.07, 6.45) is 6.72. The van der Waals surface area contributed by atoms with Gasteiger partial charge in [0.05, 0.1) is 11.1 Å². The third kappa shape index (κ3) is 6.25. The third-order valence-electron chi connectivity index (χ3n) is 2.26. The molecule has 0 bridgehead atoms. The van der Waals surface area contributed by atoms with Gasteiger partial charge in [-0.25, -0.2) is 24.7 Å². The number of amides is 2. The van der Waals surface area contributed by atoms with Gasteiger partial charge in [0.25, 0.3) is 0 Å². The zero-order valence-electron chi connectivity index (χ0n) is 12.5. The lowest BCUT2D eigenvalue weighted by molar-refractivity contribution is 0.111. The summed E-state index contributed by atoms with van der Waals surface area (Å²) >= 11 is 0. The number of urea groups is 1. The van der Waals surface area contributed by atoms with E-state index in [0.717, 1.165) is 0 Å². The molecular weight excluding hydrogens is 302 g/mol. The molecule has 23 heavy (non-hydrogen) atoms. The monoisotopic (exact) mass is 317 g/mol. The fraction of sp³-hybridized carbons (Fsp3) is 0.154. The molecular formula is C13H15N7O3. The number of nitrogen functional groups attached to an aromatic ring is 1. The number of anilines is 2. The summed E-state index contributed by atoms with van der Waals surface area (Å²) in [4.78, 5) is 47.5. The highest BCUT2D eigenvalue weighted by molar-refractivity contribution is 5.87. The first kappa shape index (κ1) is 17.6. The lowest BCUT2D eigenvalue weighted by Gasteiger charge is -2.10. The minimum atomic E-state index is -0.316. The number of carbonyl (C=O) groups is 3. The summed E-state index contributed by atoms with van der Waals surface area (Å²) in [5, 5.41) is 2.44. The maximum atomic E-state index is 11.1. The lowest BCUT2D eigenvalue weighted by Crippen LogP contribution is -2.28. The molecule has 120 valence electrons. The Hall–Kier alpha value is -3.43. The SMILES string of the molecule is CN(C)C(=O)Nc1ncc(C=O)cn1.Nc1ncc(C=O)cn1. The lowest BCUT2D eigenvalue weighted by atomic mass is 10.4. The van der Waals surface area contributed by atoms with Gasteiger partial charge in [-0.2, -0.15) is 0 Å². The fourth-order valence-electron chi connectivity index (χ4n) is 1.08. The average Bonchev–Trinajstić information content (AvgIpc) is 2.57. The van der Waals surface area contributed by atoms with Gasteiger partial charge >= 0.3 is 6.03 Å². The first-order valence-electron chi connectivity index (χ1n) is 6.24. The number of hydrogen-bond donors (Lipinski definition) is 2. The maximum Gasteiger partial charge on any atom is 0.323 e. The first-order valence-corrected chi connectivity index (χ1v) is 6.24. The predicted molar refractivity (Wildman–Crippen MR) is 82.0 cm³/mol. The van der Waals surface area contributed by atoms with E-state index in [-0.39, 0.29) is 17.9 Å². The molecule has 0 unspecified atom stereocenters. The second kappa shape index (κ2) is 8.77. The van der Waals surface area contributed by atoms with E-state index in [9.17, 15) is 14.4 Å². The number of nitrogens with zero attached hydrogens (tertiary/aromatic N) is 5. The predicted octanol–water partition coefficient (Wildman–Crippen LogP) is 0.254. The molecule has 0 aromatic carbocycles. The molecule has 2 aromatic rings. The van der Waals surface area contributed by atoms with Gasteiger partial charge < -0.3 is 10.6 Å². The molecule has 2 heterocycles. The van der Waals surface area contributed by atoms with Crippen LogP contribution in [-0.2, 0) is 0 Å². The van der Waals surface area contributed by atoms with Crippen LogP contribution in [0.3, 0.4) is 0 Å². The molecule has 2 aromatic heterocycles. The van der Waals surface area contributed by atoms with Crippen LogP contribution >= 0.6 is 0 Å². The Morgan fingerprint density at radius 3 is 1.83 bits per heavy atom. The molecule has 3 N–H and O–H groups in total. The van der Waals surface area contributed by atoms with E-state index >= 15 is 0 Å². The van der Waals surface area contributed by atoms with Crippen LogP contribution in [0.1, 0.15) is 20.7 Å². The highest BCUT2D eigenvalue weighted by Gasteiger charge is 2.05. The van der Waals surface area contributed by atoms with Crippen LogP contribution in [0, 0.1) is 0 Å². The highest BCUT2D eigenvalue weighted by Crippen LogP contribution is 1.98. The van der Waals surface area contributed by atoms with Crippen LogP contribution in [-0.4, -0.2) is 57.5 Å². The van der Waals surface area contributed by atoms with Gasteiger partial charge in [-0.15, -0.1) is 0 Å². The molecule has 2 rings (SSSR count). The molecule has 0 fully saturated rings. The quantitative estimate of drug-likeness (QED) is 0.767. The molecule has 10 nitrogen and oxygen atoms in total. The summed E-state index contributed by atoms with van der Waals surface area (Å²) < 4.78 is 0. The standard InChI is InChI=1S/C8H10N4O2.C5H5N3O/c1-12(2)8(14)11-7-9-3-6(5-13)4-10-7;6-5-7-1-4(3-9)2-8-5/h3-5H,1-2H3,(H,9,10,11,14);1-3H,(H2,6,7,8). The van der Waals surface area contributed by atoms with Crippen LogP contribution in [0.5, 0.6) is 0 Å². The van der Waals surface area contributed by atoms with Crippen molar-refractivity contribution in [1.29, 1.82) is 0 Å². The Kier molecular flexibility index (Phi) is 6.72. The number of aldehydes is 2. The average molecular weight is 317 g/mol. The molecule has 0 aliphatic rings. The number of nitrogens with two attached hydrogens (primary N) is 1. The Morgan fingerprint density at radius 2 is 1.43 bits per heavy atom. The Labute approximate surface area is 131 Å². The van der Waals surface area contributed by atoms with E-state index < -0.39 is 0 Å². The third-order valence-corrected chi connectivity index (χ3v) is 2.26. The van der Waals surface area contributed by atoms with Crippen molar-refractivity contribution >= 4 is 30.5 Å². The Morgan fingerprint density at radius 1 is 1.00 bits per heavy atom. The first-order chi connectivity index (χ1) is 11.0. The summed E-state index contributed by atoms with van der Waals surface area (Å²) in [5.41, 5.74) is 5.95. The number of aromatic nitrogens is 4. The van der Waals surface area contributed by atoms with Crippen molar-refractivity contribution in [3.05, 3.63) is 35.9 Å². The van der Waals surface area contributed by atoms with Gasteiger partial charge in [-0.1, -0.05) is 0 Å². The second-order valence-corrected chi connectivity index (χ2v) is 4.27. The number of rotatable bonds is 3. The van der Waals surface area contributed by atoms with Gasteiger partial charge in [-0.05, 0) is 0 Å². The van der Waals surface area contributed by atoms with Crippen LogP contribution in [0.25, 0.3) is 0 Å². The van der Waals surface area contributed by atoms with Crippen molar-refractivity contribution in [2.75, 3.05) is 25.1 Å². The van der Waals surface area contributed by atoms with Crippen LogP contribution in [0.2, 0.25) is 0 Å². The normalized spacial score (nSPS) is 9.13. The summed E-state index contributed by atoms with van der Waals surface area (Å²) in [6.45, 7) is 0. The van der Waals surface area contributed by atoms with E-state index in [4.69, 9.17) is 5.73 Å². The highest BCUT2D eigenvalue weighted by atomic mass is 16.2. The topological polar surface area (TPSA) is 144 Å². The molecule has 0 atom stereocenters.